The largest absolute Gasteiger partial charge is 0.505 e. The van der Waals surface area contributed by atoms with E-state index in [1.807, 2.05) is 26.0 Å². The summed E-state index contributed by atoms with van der Waals surface area (Å²) >= 11 is 0. The molecule has 0 aliphatic rings. The molecule has 2 unspecified atom stereocenters. The number of aryl methyl sites for hydroxylation is 2. The molecular formula is C27H28N3O5S+. The zero-order valence-electron chi connectivity index (χ0n) is 20.3. The highest BCUT2D eigenvalue weighted by molar-refractivity contribution is 7.89. The van der Waals surface area contributed by atoms with Crippen LogP contribution >= 0.6 is 0 Å². The maximum Gasteiger partial charge on any atom is 0.505 e. The van der Waals surface area contributed by atoms with E-state index in [1.165, 1.54) is 12.1 Å². The number of benzene rings is 3. The molecule has 9 heteroatoms. The number of rotatable bonds is 9. The molecule has 0 amide bonds. The molecule has 186 valence electrons. The molecule has 3 aromatic carbocycles. The van der Waals surface area contributed by atoms with E-state index >= 15 is 0 Å². The molecule has 0 saturated heterocycles. The van der Waals surface area contributed by atoms with Gasteiger partial charge < -0.3 is 9.84 Å². The third-order valence-electron chi connectivity index (χ3n) is 5.73. The third-order valence-corrected chi connectivity index (χ3v) is 7.19. The van der Waals surface area contributed by atoms with E-state index in [1.54, 1.807) is 61.5 Å². The highest BCUT2D eigenvalue weighted by Gasteiger charge is 2.41. The van der Waals surface area contributed by atoms with Crippen LogP contribution in [0.25, 0.3) is 4.98 Å². The van der Waals surface area contributed by atoms with E-state index in [2.05, 4.69) is 9.70 Å². The van der Waals surface area contributed by atoms with E-state index < -0.39 is 39.4 Å². The summed E-state index contributed by atoms with van der Waals surface area (Å²) in [6.45, 7) is 5.23. The normalized spacial score (nSPS) is 13.7. The number of sulfonamides is 1. The number of aliphatic hydroxyl groups is 1. The van der Waals surface area contributed by atoms with Gasteiger partial charge in [-0.1, -0.05) is 72.3 Å². The first-order valence-corrected chi connectivity index (χ1v) is 12.8. The molecule has 0 heterocycles. The molecule has 2 atom stereocenters. The summed E-state index contributed by atoms with van der Waals surface area (Å²) in [5.41, 5.74) is 1.99. The van der Waals surface area contributed by atoms with Gasteiger partial charge in [0.2, 0.25) is 21.2 Å². The molecule has 36 heavy (non-hydrogen) atoms. The third kappa shape index (κ3) is 5.97. The lowest BCUT2D eigenvalue weighted by atomic mass is 9.84. The molecule has 0 aliphatic carbocycles. The van der Waals surface area contributed by atoms with Gasteiger partial charge in [-0.15, -0.1) is 0 Å². The number of diazo groups is 1. The Morgan fingerprint density at radius 3 is 2.19 bits per heavy atom. The molecule has 0 fully saturated rings. The summed E-state index contributed by atoms with van der Waals surface area (Å²) in [6.07, 6.45) is 0. The number of hydrogen-bond donors (Lipinski definition) is 2. The second-order valence-corrected chi connectivity index (χ2v) is 9.93. The Morgan fingerprint density at radius 1 is 1.00 bits per heavy atom. The SMILES string of the molecule is CCOC(=O)/C([N+]#N)=C(\O)C(c1ccccc1)C(NS(=O)(=O)c1ccc(C)cc1)c1ccccc1C. The van der Waals surface area contributed by atoms with Crippen LogP contribution in [0.2, 0.25) is 0 Å². The van der Waals surface area contributed by atoms with Crippen LogP contribution in [0.15, 0.2) is 95.2 Å². The van der Waals surface area contributed by atoms with Crippen molar-refractivity contribution in [3.8, 4) is 0 Å². The molecule has 0 radical (unpaired) electrons. The predicted molar refractivity (Wildman–Crippen MR) is 136 cm³/mol. The Balaban J connectivity index is 2.27. The average Bonchev–Trinajstić information content (AvgIpc) is 2.85. The zero-order valence-corrected chi connectivity index (χ0v) is 21.1. The fourth-order valence-corrected chi connectivity index (χ4v) is 5.14. The first-order chi connectivity index (χ1) is 17.2. The van der Waals surface area contributed by atoms with Crippen LogP contribution in [0.1, 0.15) is 41.1 Å². The topological polar surface area (TPSA) is 121 Å². The summed E-state index contributed by atoms with van der Waals surface area (Å²) in [6, 6.07) is 21.0. The minimum Gasteiger partial charge on any atom is -0.504 e. The van der Waals surface area contributed by atoms with Crippen LogP contribution in [0.3, 0.4) is 0 Å². The Morgan fingerprint density at radius 2 is 1.61 bits per heavy atom. The zero-order chi connectivity index (χ0) is 26.3. The van der Waals surface area contributed by atoms with Crippen LogP contribution in [0.4, 0.5) is 0 Å². The smallest absolute Gasteiger partial charge is 0.504 e. The van der Waals surface area contributed by atoms with Crippen molar-refractivity contribution in [2.45, 2.75) is 37.6 Å². The number of hydrogen-bond acceptors (Lipinski definition) is 6. The van der Waals surface area contributed by atoms with Crippen molar-refractivity contribution in [3.63, 3.8) is 0 Å². The summed E-state index contributed by atoms with van der Waals surface area (Å²) in [5.74, 6) is -2.81. The quantitative estimate of drug-likeness (QED) is 0.176. The van der Waals surface area contributed by atoms with E-state index in [9.17, 15) is 23.7 Å². The maximum atomic E-state index is 13.5. The number of nitrogens with one attached hydrogen (secondary N) is 1. The number of nitrogens with zero attached hydrogens (tertiary/aromatic N) is 2. The van der Waals surface area contributed by atoms with E-state index in [-0.39, 0.29) is 11.5 Å². The summed E-state index contributed by atoms with van der Waals surface area (Å²) in [5, 5.41) is 20.9. The summed E-state index contributed by atoms with van der Waals surface area (Å²) < 4.78 is 34.7. The highest BCUT2D eigenvalue weighted by atomic mass is 32.2. The maximum absolute atomic E-state index is 13.5. The monoisotopic (exact) mass is 506 g/mol. The van der Waals surface area contributed by atoms with Gasteiger partial charge in [-0.2, -0.15) is 0 Å². The average molecular weight is 507 g/mol. The van der Waals surface area contributed by atoms with Crippen molar-refractivity contribution in [3.05, 3.63) is 118 Å². The number of carbonyl (C=O) groups excluding carboxylic acids is 1. The van der Waals surface area contributed by atoms with E-state index in [0.717, 1.165) is 11.1 Å². The molecule has 2 N–H and O–H groups in total. The van der Waals surface area contributed by atoms with Gasteiger partial charge in [-0.05, 0) is 49.6 Å². The molecule has 0 aliphatic heterocycles. The molecule has 0 aromatic heterocycles. The molecule has 3 rings (SSSR count). The second kappa shape index (κ2) is 11.6. The Bertz CT molecular complexity index is 1400. The van der Waals surface area contributed by atoms with Crippen LogP contribution in [-0.2, 0) is 19.6 Å². The number of esters is 1. The van der Waals surface area contributed by atoms with Crippen molar-refractivity contribution in [1.82, 2.24) is 4.72 Å². The lowest BCUT2D eigenvalue weighted by Crippen LogP contribution is -2.34. The van der Waals surface area contributed by atoms with E-state index in [4.69, 9.17) is 4.74 Å². The van der Waals surface area contributed by atoms with Gasteiger partial charge in [0.15, 0.2) is 4.98 Å². The molecule has 8 nitrogen and oxygen atoms in total. The van der Waals surface area contributed by atoms with Crippen LogP contribution in [0, 0.1) is 19.2 Å². The Kier molecular flexibility index (Phi) is 8.59. The van der Waals surface area contributed by atoms with Crippen LogP contribution in [-0.4, -0.2) is 26.1 Å². The minimum absolute atomic E-state index is 0.0115. The predicted octanol–water partition coefficient (Wildman–Crippen LogP) is 5.29. The van der Waals surface area contributed by atoms with Gasteiger partial charge in [-0.25, -0.2) is 17.9 Å². The van der Waals surface area contributed by atoms with Gasteiger partial charge in [0.25, 0.3) is 0 Å². The first-order valence-electron chi connectivity index (χ1n) is 11.3. The van der Waals surface area contributed by atoms with Crippen molar-refractivity contribution >= 4 is 16.0 Å². The number of ether oxygens (including phenoxy) is 1. The van der Waals surface area contributed by atoms with Gasteiger partial charge in [-0.3, -0.25) is 0 Å². The molecule has 0 spiro atoms. The van der Waals surface area contributed by atoms with Crippen molar-refractivity contribution in [1.29, 1.82) is 5.39 Å². The van der Waals surface area contributed by atoms with Crippen molar-refractivity contribution in [2.24, 2.45) is 0 Å². The standard InChI is InChI=1S/C27H27N3O5S/c1-4-35-27(32)25(29-28)26(31)23(20-11-6-5-7-12-20)24(22-13-9-8-10-19(22)3)30-36(33,34)21-16-14-18(2)15-17-21/h5-17,23-24,30H,4H2,1-3H3/p+1. The fourth-order valence-electron chi connectivity index (χ4n) is 3.91. The lowest BCUT2D eigenvalue weighted by Gasteiger charge is -2.28. The van der Waals surface area contributed by atoms with Crippen molar-refractivity contribution < 1.29 is 23.1 Å². The van der Waals surface area contributed by atoms with Gasteiger partial charge in [0, 0.05) is 0 Å². The fraction of sp³-hybridized carbons (Fsp3) is 0.222. The number of aliphatic hydroxyl groups excluding tert-OH is 1. The van der Waals surface area contributed by atoms with Crippen molar-refractivity contribution in [2.75, 3.05) is 6.61 Å². The minimum atomic E-state index is -4.08. The Labute approximate surface area is 210 Å². The molecule has 3 aromatic rings. The molecule has 0 bridgehead atoms. The van der Waals surface area contributed by atoms with E-state index in [0.29, 0.717) is 11.1 Å². The highest BCUT2D eigenvalue weighted by Crippen LogP contribution is 2.39. The first kappa shape index (κ1) is 26.6. The van der Waals surface area contributed by atoms with Crippen LogP contribution in [0.5, 0.6) is 0 Å². The molecular weight excluding hydrogens is 478 g/mol. The van der Waals surface area contributed by atoms with Gasteiger partial charge in [0.1, 0.15) is 0 Å². The number of carbonyl (C=O) groups is 1. The second-order valence-electron chi connectivity index (χ2n) is 8.21. The Hall–Kier alpha value is -4.00. The summed E-state index contributed by atoms with van der Waals surface area (Å²) in [7, 11) is -4.08. The van der Waals surface area contributed by atoms with Gasteiger partial charge in [0.05, 0.1) is 23.5 Å². The lowest BCUT2D eigenvalue weighted by molar-refractivity contribution is -0.138. The summed E-state index contributed by atoms with van der Waals surface area (Å²) in [4.78, 5) is 15.5. The van der Waals surface area contributed by atoms with Gasteiger partial charge >= 0.3 is 11.7 Å². The molecule has 0 saturated carbocycles. The van der Waals surface area contributed by atoms with Crippen LogP contribution < -0.4 is 4.72 Å².